The van der Waals surface area contributed by atoms with Gasteiger partial charge in [0, 0.05) is 15.4 Å². The van der Waals surface area contributed by atoms with E-state index in [2.05, 4.69) is 33.0 Å². The maximum atomic E-state index is 12.6. The van der Waals surface area contributed by atoms with Crippen LogP contribution in [0.3, 0.4) is 0 Å². The van der Waals surface area contributed by atoms with Gasteiger partial charge in [-0.25, -0.2) is 5.43 Å². The second-order valence-electron chi connectivity index (χ2n) is 8.29. The molecule has 0 unspecified atom stereocenters. The molecule has 0 saturated heterocycles. The molecule has 4 rings (SSSR count). The lowest BCUT2D eigenvalue weighted by molar-refractivity contribution is 0.0929. The molecule has 0 radical (unpaired) electrons. The van der Waals surface area contributed by atoms with Crippen molar-refractivity contribution in [2.75, 3.05) is 13.2 Å². The molecule has 4 aromatic rings. The number of halogens is 1. The van der Waals surface area contributed by atoms with E-state index in [0.29, 0.717) is 43.3 Å². The summed E-state index contributed by atoms with van der Waals surface area (Å²) in [5, 5.41) is 4.91. The molecule has 0 spiro atoms. The maximum Gasteiger partial charge on any atom is 0.307 e. The number of hydrogen-bond acceptors (Lipinski definition) is 6. The third-order valence-electron chi connectivity index (χ3n) is 5.52. The highest BCUT2D eigenvalue weighted by Gasteiger charge is 2.15. The molecule has 38 heavy (non-hydrogen) atoms. The van der Waals surface area contributed by atoms with Crippen molar-refractivity contribution in [2.45, 2.75) is 26.9 Å². The Kier molecular flexibility index (Phi) is 9.21. The van der Waals surface area contributed by atoms with E-state index >= 15 is 0 Å². The lowest BCUT2D eigenvalue weighted by atomic mass is 10.1. The molecule has 1 amide bonds. The first-order valence-corrected chi connectivity index (χ1v) is 13.1. The van der Waals surface area contributed by atoms with Gasteiger partial charge in [0.05, 0.1) is 19.4 Å². The summed E-state index contributed by atoms with van der Waals surface area (Å²) < 4.78 is 24.3. The predicted molar refractivity (Wildman–Crippen MR) is 152 cm³/mol. The van der Waals surface area contributed by atoms with Crippen molar-refractivity contribution >= 4 is 39.0 Å². The Morgan fingerprint density at radius 3 is 2.55 bits per heavy atom. The van der Waals surface area contributed by atoms with Crippen molar-refractivity contribution in [3.8, 4) is 17.2 Å². The van der Waals surface area contributed by atoms with E-state index in [0.717, 1.165) is 32.3 Å². The van der Waals surface area contributed by atoms with Gasteiger partial charge < -0.3 is 18.6 Å². The summed E-state index contributed by atoms with van der Waals surface area (Å²) in [4.78, 5) is 12.6. The molecule has 1 aromatic heterocycles. The smallest absolute Gasteiger partial charge is 0.307 e. The number of furan rings is 1. The zero-order valence-corrected chi connectivity index (χ0v) is 22.9. The van der Waals surface area contributed by atoms with Crippen LogP contribution in [0.4, 0.5) is 0 Å². The fraction of sp³-hybridized carbons (Fsp3) is 0.200. The molecular formula is C30H29BrN2O5. The van der Waals surface area contributed by atoms with Gasteiger partial charge in [-0.15, -0.1) is 6.58 Å². The molecule has 3 aromatic carbocycles. The Hall–Kier alpha value is -4.04. The number of amides is 1. The van der Waals surface area contributed by atoms with Gasteiger partial charge in [-0.1, -0.05) is 34.1 Å². The Bertz CT molecular complexity index is 1440. The highest BCUT2D eigenvalue weighted by Crippen LogP contribution is 2.34. The number of hydrazone groups is 1. The third kappa shape index (κ3) is 6.83. The highest BCUT2D eigenvalue weighted by atomic mass is 79.9. The topological polar surface area (TPSA) is 82.3 Å². The van der Waals surface area contributed by atoms with E-state index in [1.165, 1.54) is 0 Å². The van der Waals surface area contributed by atoms with Crippen LogP contribution < -0.4 is 19.6 Å². The van der Waals surface area contributed by atoms with Gasteiger partial charge in [-0.2, -0.15) is 5.10 Å². The number of carbonyl (C=O) groups is 1. The summed E-state index contributed by atoms with van der Waals surface area (Å²) in [6, 6.07) is 18.8. The number of carbonyl (C=O) groups excluding carboxylic acids is 1. The van der Waals surface area contributed by atoms with Crippen LogP contribution in [0.1, 0.15) is 41.1 Å². The molecule has 8 heteroatoms. The second-order valence-corrected chi connectivity index (χ2v) is 9.21. The van der Waals surface area contributed by atoms with Gasteiger partial charge in [0.2, 0.25) is 0 Å². The molecule has 0 aliphatic rings. The lowest BCUT2D eigenvalue weighted by Crippen LogP contribution is -2.16. The van der Waals surface area contributed by atoms with Crippen molar-refractivity contribution in [1.82, 2.24) is 5.43 Å². The summed E-state index contributed by atoms with van der Waals surface area (Å²) in [5.41, 5.74) is 5.80. The zero-order chi connectivity index (χ0) is 26.9. The quantitative estimate of drug-likeness (QED) is 0.111. The number of nitrogens with zero attached hydrogens (tertiary/aromatic N) is 1. The first-order chi connectivity index (χ1) is 18.5. The van der Waals surface area contributed by atoms with Crippen LogP contribution in [0.15, 0.2) is 87.3 Å². The third-order valence-corrected chi connectivity index (χ3v) is 6.05. The minimum absolute atomic E-state index is 0.157. The summed E-state index contributed by atoms with van der Waals surface area (Å²) in [7, 11) is 0. The van der Waals surface area contributed by atoms with Crippen molar-refractivity contribution in [3.05, 3.63) is 100 Å². The molecule has 1 N–H and O–H groups in total. The predicted octanol–water partition coefficient (Wildman–Crippen LogP) is 7.06. The standard InChI is InChI=1S/C30H29BrN2O5/c1-4-7-22-14-21(15-27(36-6-3)29(22)37-19-20-8-10-24(31)11-9-20)18-32-33-30(34)28-17-23-16-25(35-5-2)12-13-26(23)38-28/h4,8-18H,1,5-7,19H2,2-3H3,(H,33,34)/b32-18+. The van der Waals surface area contributed by atoms with E-state index in [9.17, 15) is 4.79 Å². The van der Waals surface area contributed by atoms with Gasteiger partial charge in [-0.3, -0.25) is 4.79 Å². The Morgan fingerprint density at radius 2 is 1.82 bits per heavy atom. The zero-order valence-electron chi connectivity index (χ0n) is 21.3. The average Bonchev–Trinajstić information content (AvgIpc) is 3.33. The first-order valence-electron chi connectivity index (χ1n) is 12.3. The van der Waals surface area contributed by atoms with Gasteiger partial charge >= 0.3 is 5.91 Å². The van der Waals surface area contributed by atoms with Crippen LogP contribution in [-0.4, -0.2) is 25.3 Å². The van der Waals surface area contributed by atoms with Gasteiger partial charge in [0.15, 0.2) is 17.3 Å². The van der Waals surface area contributed by atoms with Crippen LogP contribution in [0.5, 0.6) is 17.2 Å². The molecule has 0 fully saturated rings. The molecular weight excluding hydrogens is 548 g/mol. The minimum atomic E-state index is -0.457. The van der Waals surface area contributed by atoms with E-state index < -0.39 is 5.91 Å². The molecule has 0 aliphatic heterocycles. The van der Waals surface area contributed by atoms with E-state index in [4.69, 9.17) is 18.6 Å². The fourth-order valence-corrected chi connectivity index (χ4v) is 4.10. The van der Waals surface area contributed by atoms with E-state index in [-0.39, 0.29) is 5.76 Å². The molecule has 0 bridgehead atoms. The molecule has 1 heterocycles. The summed E-state index contributed by atoms with van der Waals surface area (Å²) >= 11 is 3.45. The SMILES string of the molecule is C=CCc1cc(/C=N/NC(=O)c2cc3cc(OCC)ccc3o2)cc(OCC)c1OCc1ccc(Br)cc1. The summed E-state index contributed by atoms with van der Waals surface area (Å²) in [6.45, 7) is 9.12. The number of benzene rings is 3. The van der Waals surface area contributed by atoms with Crippen LogP contribution >= 0.6 is 15.9 Å². The number of nitrogens with one attached hydrogen (secondary N) is 1. The number of hydrogen-bond donors (Lipinski definition) is 1. The molecule has 7 nitrogen and oxygen atoms in total. The van der Waals surface area contributed by atoms with Crippen LogP contribution in [-0.2, 0) is 13.0 Å². The first kappa shape index (κ1) is 27.0. The van der Waals surface area contributed by atoms with E-state index in [1.54, 1.807) is 30.5 Å². The maximum absolute atomic E-state index is 12.6. The fourth-order valence-electron chi connectivity index (χ4n) is 3.84. The molecule has 0 saturated carbocycles. The van der Waals surface area contributed by atoms with Crippen LogP contribution in [0.2, 0.25) is 0 Å². The minimum Gasteiger partial charge on any atom is -0.494 e. The molecule has 0 aliphatic carbocycles. The van der Waals surface area contributed by atoms with Crippen molar-refractivity contribution in [2.24, 2.45) is 5.10 Å². The van der Waals surface area contributed by atoms with Crippen molar-refractivity contribution in [1.29, 1.82) is 0 Å². The van der Waals surface area contributed by atoms with Crippen LogP contribution in [0, 0.1) is 0 Å². The van der Waals surface area contributed by atoms with Crippen molar-refractivity contribution in [3.63, 3.8) is 0 Å². The second kappa shape index (κ2) is 13.0. The largest absolute Gasteiger partial charge is 0.494 e. The number of rotatable bonds is 12. The van der Waals surface area contributed by atoms with Crippen molar-refractivity contribution < 1.29 is 23.4 Å². The Labute approximate surface area is 230 Å². The molecule has 196 valence electrons. The number of fused-ring (bicyclic) bond motifs is 1. The van der Waals surface area contributed by atoms with Gasteiger partial charge in [0.1, 0.15) is 17.9 Å². The lowest BCUT2D eigenvalue weighted by Gasteiger charge is -2.17. The van der Waals surface area contributed by atoms with Crippen LogP contribution in [0.25, 0.3) is 11.0 Å². The normalized spacial score (nSPS) is 11.0. The molecule has 0 atom stereocenters. The average molecular weight is 577 g/mol. The number of ether oxygens (including phenoxy) is 3. The Balaban J connectivity index is 1.50. The number of allylic oxidation sites excluding steroid dienone is 1. The monoisotopic (exact) mass is 576 g/mol. The van der Waals surface area contributed by atoms with Gasteiger partial charge in [-0.05, 0) is 79.9 Å². The van der Waals surface area contributed by atoms with Gasteiger partial charge in [0.25, 0.3) is 0 Å². The highest BCUT2D eigenvalue weighted by molar-refractivity contribution is 9.10. The van der Waals surface area contributed by atoms with E-state index in [1.807, 2.05) is 56.3 Å². The Morgan fingerprint density at radius 1 is 1.03 bits per heavy atom. The summed E-state index contributed by atoms with van der Waals surface area (Å²) in [6.07, 6.45) is 3.94. The summed E-state index contributed by atoms with van der Waals surface area (Å²) in [5.74, 6) is 1.67.